The molecule has 13 heavy (non-hydrogen) atoms. The third kappa shape index (κ3) is 1.89. The summed E-state index contributed by atoms with van der Waals surface area (Å²) < 4.78 is 4.44. The Morgan fingerprint density at radius 2 is 2.15 bits per heavy atom. The molecule has 0 aromatic rings. The van der Waals surface area contributed by atoms with Crippen molar-refractivity contribution >= 4 is 12.1 Å². The lowest BCUT2D eigenvalue weighted by Gasteiger charge is -2.39. The third-order valence-electron chi connectivity index (χ3n) is 2.14. The summed E-state index contributed by atoms with van der Waals surface area (Å²) >= 11 is 0. The molecule has 0 spiro atoms. The number of carbonyl (C=O) groups is 2. The highest BCUT2D eigenvalue weighted by atomic mass is 16.5. The summed E-state index contributed by atoms with van der Waals surface area (Å²) in [7, 11) is 1.28. The van der Waals surface area contributed by atoms with Crippen LogP contribution in [0.3, 0.4) is 0 Å². The first kappa shape index (κ1) is 9.79. The number of carboxylic acids is 1. The van der Waals surface area contributed by atoms with Crippen molar-refractivity contribution < 1.29 is 19.4 Å². The van der Waals surface area contributed by atoms with Crippen molar-refractivity contribution in [3.8, 4) is 0 Å². The summed E-state index contributed by atoms with van der Waals surface area (Å²) in [5.74, 6) is -1.19. The second-order valence-corrected chi connectivity index (χ2v) is 3.00. The van der Waals surface area contributed by atoms with Crippen LogP contribution in [0.5, 0.6) is 0 Å². The lowest BCUT2D eigenvalue weighted by Crippen LogP contribution is -2.58. The summed E-state index contributed by atoms with van der Waals surface area (Å²) in [5.41, 5.74) is 5.35. The topological polar surface area (TPSA) is 92.9 Å². The molecule has 0 aromatic heterocycles. The van der Waals surface area contributed by atoms with Crippen LogP contribution in [0.2, 0.25) is 0 Å². The van der Waals surface area contributed by atoms with Crippen molar-refractivity contribution in [2.45, 2.75) is 6.04 Å². The second-order valence-electron chi connectivity index (χ2n) is 3.00. The molecule has 0 bridgehead atoms. The number of amides is 1. The molecule has 0 unspecified atom stereocenters. The minimum Gasteiger partial charge on any atom is -0.480 e. The van der Waals surface area contributed by atoms with E-state index >= 15 is 0 Å². The van der Waals surface area contributed by atoms with E-state index in [0.717, 1.165) is 0 Å². The Morgan fingerprint density at radius 3 is 2.54 bits per heavy atom. The van der Waals surface area contributed by atoms with Gasteiger partial charge in [-0.2, -0.15) is 0 Å². The Hall–Kier alpha value is -1.30. The number of likely N-dealkylation sites (tertiary alicyclic amines) is 1. The number of carbonyl (C=O) groups excluding carboxylic acids is 1. The van der Waals surface area contributed by atoms with Crippen molar-refractivity contribution in [2.24, 2.45) is 11.7 Å². The van der Waals surface area contributed by atoms with E-state index in [2.05, 4.69) is 4.74 Å². The van der Waals surface area contributed by atoms with Gasteiger partial charge in [0, 0.05) is 19.0 Å². The third-order valence-corrected chi connectivity index (χ3v) is 2.14. The number of rotatable bonds is 2. The average Bonchev–Trinajstić information content (AvgIpc) is 2.00. The molecule has 6 nitrogen and oxygen atoms in total. The Labute approximate surface area is 75.3 Å². The van der Waals surface area contributed by atoms with E-state index < -0.39 is 18.1 Å². The standard InChI is InChI=1S/C7H12N2O4/c1-13-7(12)9-2-4(3-9)5(8)6(10)11/h4-5H,2-3,8H2,1H3,(H,10,11)/t5-/m0/s1. The molecule has 74 valence electrons. The van der Waals surface area contributed by atoms with Gasteiger partial charge in [0.2, 0.25) is 0 Å². The van der Waals surface area contributed by atoms with Gasteiger partial charge in [-0.3, -0.25) is 4.79 Å². The van der Waals surface area contributed by atoms with Gasteiger partial charge in [-0.15, -0.1) is 0 Å². The zero-order valence-corrected chi connectivity index (χ0v) is 7.27. The summed E-state index contributed by atoms with van der Waals surface area (Å²) in [6, 6.07) is -0.888. The van der Waals surface area contributed by atoms with Crippen LogP contribution in [0.15, 0.2) is 0 Å². The molecule has 1 aliphatic heterocycles. The number of carboxylic acid groups (broad SMARTS) is 1. The fourth-order valence-electron chi connectivity index (χ4n) is 1.22. The van der Waals surface area contributed by atoms with Gasteiger partial charge in [-0.05, 0) is 0 Å². The van der Waals surface area contributed by atoms with Crippen molar-refractivity contribution in [3.05, 3.63) is 0 Å². The van der Waals surface area contributed by atoms with Crippen LogP contribution in [-0.2, 0) is 9.53 Å². The SMILES string of the molecule is COC(=O)N1CC([C@H](N)C(=O)O)C1. The van der Waals surface area contributed by atoms with E-state index in [9.17, 15) is 9.59 Å². The Balaban J connectivity index is 2.33. The zero-order chi connectivity index (χ0) is 10.0. The molecule has 1 fully saturated rings. The number of nitrogens with two attached hydrogens (primary N) is 1. The van der Waals surface area contributed by atoms with Crippen molar-refractivity contribution in [1.29, 1.82) is 0 Å². The van der Waals surface area contributed by atoms with Gasteiger partial charge < -0.3 is 20.5 Å². The van der Waals surface area contributed by atoms with Gasteiger partial charge in [0.05, 0.1) is 7.11 Å². The van der Waals surface area contributed by atoms with E-state index in [1.807, 2.05) is 0 Å². The number of hydrogen-bond donors (Lipinski definition) is 2. The summed E-state index contributed by atoms with van der Waals surface area (Å²) in [6.45, 7) is 0.723. The first-order valence-electron chi connectivity index (χ1n) is 3.87. The van der Waals surface area contributed by atoms with Crippen LogP contribution in [0.25, 0.3) is 0 Å². The Kier molecular flexibility index (Phi) is 2.72. The maximum absolute atomic E-state index is 10.8. The van der Waals surface area contributed by atoms with Crippen LogP contribution in [-0.4, -0.2) is 48.3 Å². The van der Waals surface area contributed by atoms with Gasteiger partial charge >= 0.3 is 12.1 Å². The lowest BCUT2D eigenvalue weighted by molar-refractivity contribution is -0.141. The smallest absolute Gasteiger partial charge is 0.409 e. The van der Waals surface area contributed by atoms with Gasteiger partial charge in [-0.25, -0.2) is 4.79 Å². The summed E-state index contributed by atoms with van der Waals surface area (Å²) in [4.78, 5) is 22.7. The van der Waals surface area contributed by atoms with Crippen LogP contribution >= 0.6 is 0 Å². The summed E-state index contributed by atoms with van der Waals surface area (Å²) in [5, 5.41) is 8.54. The predicted molar refractivity (Wildman–Crippen MR) is 43.1 cm³/mol. The van der Waals surface area contributed by atoms with E-state index in [1.165, 1.54) is 12.0 Å². The molecular weight excluding hydrogens is 176 g/mol. The molecular formula is C7H12N2O4. The molecule has 1 amide bonds. The normalized spacial score (nSPS) is 19.1. The molecule has 0 aliphatic carbocycles. The van der Waals surface area contributed by atoms with E-state index in [1.54, 1.807) is 0 Å². The first-order chi connectivity index (χ1) is 6.06. The first-order valence-corrected chi connectivity index (χ1v) is 3.87. The molecule has 1 heterocycles. The van der Waals surface area contributed by atoms with Gasteiger partial charge in [0.25, 0.3) is 0 Å². The molecule has 1 atom stereocenters. The number of aliphatic carboxylic acids is 1. The maximum atomic E-state index is 10.8. The minimum atomic E-state index is -1.03. The zero-order valence-electron chi connectivity index (χ0n) is 7.27. The van der Waals surface area contributed by atoms with Gasteiger partial charge in [0.15, 0.2) is 0 Å². The maximum Gasteiger partial charge on any atom is 0.409 e. The van der Waals surface area contributed by atoms with Crippen LogP contribution in [0, 0.1) is 5.92 Å². The van der Waals surface area contributed by atoms with E-state index in [-0.39, 0.29) is 5.92 Å². The highest BCUT2D eigenvalue weighted by Gasteiger charge is 2.38. The minimum absolute atomic E-state index is 0.156. The van der Waals surface area contributed by atoms with Crippen LogP contribution in [0.4, 0.5) is 4.79 Å². The van der Waals surface area contributed by atoms with Crippen LogP contribution < -0.4 is 5.73 Å². The number of methoxy groups -OCH3 is 1. The van der Waals surface area contributed by atoms with Gasteiger partial charge in [0.1, 0.15) is 6.04 Å². The highest BCUT2D eigenvalue weighted by molar-refractivity contribution is 5.75. The monoisotopic (exact) mass is 188 g/mol. The fraction of sp³-hybridized carbons (Fsp3) is 0.714. The summed E-state index contributed by atoms with van der Waals surface area (Å²) in [6.07, 6.45) is -0.436. The largest absolute Gasteiger partial charge is 0.480 e. The van der Waals surface area contributed by atoms with Gasteiger partial charge in [-0.1, -0.05) is 0 Å². The van der Waals surface area contributed by atoms with E-state index in [4.69, 9.17) is 10.8 Å². The number of hydrogen-bond acceptors (Lipinski definition) is 4. The quantitative estimate of drug-likeness (QED) is 0.585. The van der Waals surface area contributed by atoms with Crippen molar-refractivity contribution in [2.75, 3.05) is 20.2 Å². The van der Waals surface area contributed by atoms with Crippen molar-refractivity contribution in [1.82, 2.24) is 4.90 Å². The van der Waals surface area contributed by atoms with E-state index in [0.29, 0.717) is 13.1 Å². The molecule has 1 rings (SSSR count). The number of ether oxygens (including phenoxy) is 1. The Bertz CT molecular complexity index is 225. The van der Waals surface area contributed by atoms with Crippen LogP contribution in [0.1, 0.15) is 0 Å². The number of nitrogens with zero attached hydrogens (tertiary/aromatic N) is 1. The molecule has 3 N–H and O–H groups in total. The Morgan fingerprint density at radius 1 is 1.62 bits per heavy atom. The molecule has 0 aromatic carbocycles. The average molecular weight is 188 g/mol. The highest BCUT2D eigenvalue weighted by Crippen LogP contribution is 2.18. The molecule has 0 radical (unpaired) electrons. The molecule has 1 saturated heterocycles. The molecule has 0 saturated carbocycles. The van der Waals surface area contributed by atoms with Crippen molar-refractivity contribution in [3.63, 3.8) is 0 Å². The fourth-order valence-corrected chi connectivity index (χ4v) is 1.22. The second kappa shape index (κ2) is 3.61. The molecule has 1 aliphatic rings. The lowest BCUT2D eigenvalue weighted by atomic mass is 9.93. The predicted octanol–water partition coefficient (Wildman–Crippen LogP) is -0.903. The molecule has 6 heteroatoms.